The topological polar surface area (TPSA) is 75.7 Å². The van der Waals surface area contributed by atoms with Gasteiger partial charge in [-0.25, -0.2) is 8.42 Å². The Bertz CT molecular complexity index is 1030. The zero-order valence-electron chi connectivity index (χ0n) is 18.3. The van der Waals surface area contributed by atoms with E-state index in [9.17, 15) is 22.0 Å². The molecule has 1 heterocycles. The molecule has 0 aromatic heterocycles. The number of halogens is 2. The third-order valence-corrected chi connectivity index (χ3v) is 7.44. The number of sulfonamides is 1. The number of carbonyl (C=O) groups is 1. The Balaban J connectivity index is 1.57. The molecule has 174 valence electrons. The van der Waals surface area contributed by atoms with E-state index in [4.69, 9.17) is 0 Å². The largest absolute Gasteiger partial charge is 0.435 e. The third kappa shape index (κ3) is 5.83. The molecule has 0 bridgehead atoms. The molecule has 0 spiro atoms. The van der Waals surface area contributed by atoms with Gasteiger partial charge in [0.1, 0.15) is 5.75 Å². The molecular formula is C23H28F2N2O4S. The molecule has 0 atom stereocenters. The van der Waals surface area contributed by atoms with E-state index >= 15 is 0 Å². The van der Waals surface area contributed by atoms with Crippen molar-refractivity contribution < 1.29 is 26.7 Å². The summed E-state index contributed by atoms with van der Waals surface area (Å²) in [5.41, 5.74) is 1.45. The number of rotatable bonds is 6. The van der Waals surface area contributed by atoms with E-state index in [-0.39, 0.29) is 41.0 Å². The van der Waals surface area contributed by atoms with E-state index in [1.807, 2.05) is 12.1 Å². The summed E-state index contributed by atoms with van der Waals surface area (Å²) < 4.78 is 56.1. The summed E-state index contributed by atoms with van der Waals surface area (Å²) in [5, 5.41) is 2.75. The fourth-order valence-corrected chi connectivity index (χ4v) is 5.07. The number of hydrogen-bond donors (Lipinski definition) is 1. The van der Waals surface area contributed by atoms with Crippen LogP contribution in [0.1, 0.15) is 39.2 Å². The van der Waals surface area contributed by atoms with Gasteiger partial charge in [-0.05, 0) is 60.2 Å². The highest BCUT2D eigenvalue weighted by Gasteiger charge is 2.32. The Morgan fingerprint density at radius 1 is 1.03 bits per heavy atom. The van der Waals surface area contributed by atoms with Crippen molar-refractivity contribution in [1.29, 1.82) is 0 Å². The first-order valence-electron chi connectivity index (χ1n) is 10.4. The molecule has 1 saturated heterocycles. The number of amides is 1. The van der Waals surface area contributed by atoms with Crippen LogP contribution in [0.25, 0.3) is 0 Å². The number of piperidine rings is 1. The molecule has 1 amide bonds. The summed E-state index contributed by atoms with van der Waals surface area (Å²) >= 11 is 0. The zero-order chi connectivity index (χ0) is 23.5. The number of hydrogen-bond acceptors (Lipinski definition) is 4. The van der Waals surface area contributed by atoms with E-state index < -0.39 is 16.6 Å². The summed E-state index contributed by atoms with van der Waals surface area (Å²) in [7, 11) is -3.62. The van der Waals surface area contributed by atoms with Gasteiger partial charge in [0, 0.05) is 24.7 Å². The molecule has 0 saturated carbocycles. The zero-order valence-corrected chi connectivity index (χ0v) is 19.2. The van der Waals surface area contributed by atoms with Gasteiger partial charge in [0.05, 0.1) is 4.90 Å². The van der Waals surface area contributed by atoms with Crippen LogP contribution >= 0.6 is 0 Å². The van der Waals surface area contributed by atoms with Gasteiger partial charge in [0.15, 0.2) is 0 Å². The molecule has 0 radical (unpaired) electrons. The maximum Gasteiger partial charge on any atom is 0.387 e. The minimum absolute atomic E-state index is 0.00652. The van der Waals surface area contributed by atoms with Crippen LogP contribution in [0.4, 0.5) is 14.5 Å². The summed E-state index contributed by atoms with van der Waals surface area (Å²) in [5.74, 6) is -0.548. The van der Waals surface area contributed by atoms with E-state index in [1.54, 1.807) is 12.1 Å². The highest BCUT2D eigenvalue weighted by atomic mass is 32.2. The molecule has 1 N–H and O–H groups in total. The first kappa shape index (κ1) is 24.1. The van der Waals surface area contributed by atoms with Crippen LogP contribution < -0.4 is 10.1 Å². The van der Waals surface area contributed by atoms with E-state index in [2.05, 4.69) is 30.8 Å². The number of nitrogens with one attached hydrogen (secondary N) is 1. The average molecular weight is 467 g/mol. The second kappa shape index (κ2) is 9.54. The normalized spacial score (nSPS) is 16.2. The number of nitrogens with zero attached hydrogens (tertiary/aromatic N) is 1. The van der Waals surface area contributed by atoms with Gasteiger partial charge in [-0.15, -0.1) is 0 Å². The lowest BCUT2D eigenvalue weighted by Crippen LogP contribution is -2.41. The van der Waals surface area contributed by atoms with Crippen LogP contribution in [-0.2, 0) is 20.2 Å². The van der Waals surface area contributed by atoms with Crippen molar-refractivity contribution in [3.63, 3.8) is 0 Å². The fourth-order valence-electron chi connectivity index (χ4n) is 3.60. The van der Waals surface area contributed by atoms with Gasteiger partial charge in [-0.1, -0.05) is 32.9 Å². The van der Waals surface area contributed by atoms with Crippen LogP contribution in [0.3, 0.4) is 0 Å². The Hall–Kier alpha value is -2.52. The molecule has 32 heavy (non-hydrogen) atoms. The van der Waals surface area contributed by atoms with Gasteiger partial charge in [-0.3, -0.25) is 4.79 Å². The lowest BCUT2D eigenvalue weighted by molar-refractivity contribution is -0.120. The highest BCUT2D eigenvalue weighted by Crippen LogP contribution is 2.28. The molecule has 2 aromatic rings. The molecule has 1 aliphatic rings. The number of carbonyl (C=O) groups excluding carboxylic acids is 1. The Kier molecular flexibility index (Phi) is 7.19. The van der Waals surface area contributed by atoms with Gasteiger partial charge in [0.25, 0.3) is 0 Å². The second-order valence-corrected chi connectivity index (χ2v) is 10.8. The Morgan fingerprint density at radius 3 is 2.09 bits per heavy atom. The first-order valence-corrected chi connectivity index (χ1v) is 11.9. The van der Waals surface area contributed by atoms with Crippen LogP contribution in [-0.4, -0.2) is 38.3 Å². The summed E-state index contributed by atoms with van der Waals surface area (Å²) in [6.45, 7) is 3.80. The van der Waals surface area contributed by atoms with Gasteiger partial charge in [0.2, 0.25) is 15.9 Å². The molecule has 6 nitrogen and oxygen atoms in total. The average Bonchev–Trinajstić information content (AvgIpc) is 2.74. The number of ether oxygens (including phenoxy) is 1. The molecule has 3 rings (SSSR count). The predicted molar refractivity (Wildman–Crippen MR) is 118 cm³/mol. The molecule has 0 unspecified atom stereocenters. The van der Waals surface area contributed by atoms with Crippen molar-refractivity contribution in [2.24, 2.45) is 5.92 Å². The Labute approximate surface area is 187 Å². The minimum atomic E-state index is -3.62. The molecule has 1 aliphatic heterocycles. The molecule has 2 aromatic carbocycles. The lowest BCUT2D eigenvalue weighted by Gasteiger charge is -2.30. The van der Waals surface area contributed by atoms with Crippen LogP contribution in [0, 0.1) is 5.92 Å². The SMILES string of the molecule is CC(C)(C)c1ccc(S(=O)(=O)N2CCC(C(=O)Nc3ccc(OC(F)F)cc3)CC2)cc1. The van der Waals surface area contributed by atoms with Crippen LogP contribution in [0.5, 0.6) is 5.75 Å². The van der Waals surface area contributed by atoms with Crippen molar-refractivity contribution in [2.75, 3.05) is 18.4 Å². The maximum atomic E-state index is 13.0. The van der Waals surface area contributed by atoms with Crippen molar-refractivity contribution in [1.82, 2.24) is 4.31 Å². The summed E-state index contributed by atoms with van der Waals surface area (Å²) in [6.07, 6.45) is 0.801. The highest BCUT2D eigenvalue weighted by molar-refractivity contribution is 7.89. The summed E-state index contributed by atoms with van der Waals surface area (Å²) in [6, 6.07) is 12.6. The predicted octanol–water partition coefficient (Wildman–Crippen LogP) is 4.62. The van der Waals surface area contributed by atoms with Gasteiger partial charge < -0.3 is 10.1 Å². The van der Waals surface area contributed by atoms with Crippen LogP contribution in [0.2, 0.25) is 0 Å². The minimum Gasteiger partial charge on any atom is -0.435 e. The smallest absolute Gasteiger partial charge is 0.387 e. The molecule has 0 aliphatic carbocycles. The van der Waals surface area contributed by atoms with Crippen molar-refractivity contribution >= 4 is 21.6 Å². The Morgan fingerprint density at radius 2 is 1.59 bits per heavy atom. The molecule has 1 fully saturated rings. The maximum absolute atomic E-state index is 13.0. The number of benzene rings is 2. The quantitative estimate of drug-likeness (QED) is 0.674. The first-order chi connectivity index (χ1) is 15.0. The van der Waals surface area contributed by atoms with E-state index in [0.717, 1.165) is 5.56 Å². The standard InChI is InChI=1S/C23H28F2N2O4S/c1-23(2,3)17-4-10-20(11-5-17)32(29,30)27-14-12-16(13-15-27)21(28)26-18-6-8-19(9-7-18)31-22(24)25/h4-11,16,22H,12-15H2,1-3H3,(H,26,28). The second-order valence-electron chi connectivity index (χ2n) is 8.84. The fraction of sp³-hybridized carbons (Fsp3) is 0.435. The van der Waals surface area contributed by atoms with E-state index in [1.165, 1.54) is 28.6 Å². The lowest BCUT2D eigenvalue weighted by atomic mass is 9.87. The van der Waals surface area contributed by atoms with Gasteiger partial charge >= 0.3 is 6.61 Å². The van der Waals surface area contributed by atoms with Crippen molar-refractivity contribution in [3.8, 4) is 5.75 Å². The van der Waals surface area contributed by atoms with Gasteiger partial charge in [-0.2, -0.15) is 13.1 Å². The third-order valence-electron chi connectivity index (χ3n) is 5.53. The summed E-state index contributed by atoms with van der Waals surface area (Å²) in [4.78, 5) is 12.8. The van der Waals surface area contributed by atoms with Crippen molar-refractivity contribution in [3.05, 3.63) is 54.1 Å². The monoisotopic (exact) mass is 466 g/mol. The van der Waals surface area contributed by atoms with E-state index in [0.29, 0.717) is 18.5 Å². The number of anilines is 1. The molecule has 9 heteroatoms. The van der Waals surface area contributed by atoms with Crippen LogP contribution in [0.15, 0.2) is 53.4 Å². The number of alkyl halides is 2. The van der Waals surface area contributed by atoms with Crippen molar-refractivity contribution in [2.45, 2.75) is 50.5 Å². The molecular weight excluding hydrogens is 438 g/mol.